The number of oxazole rings is 1. The molecule has 1 aromatic heterocycles. The van der Waals surface area contributed by atoms with Gasteiger partial charge in [-0.3, -0.25) is 0 Å². The number of carbonyl (C=O) groups excluding carboxylic acids is 1. The Kier molecular flexibility index (Phi) is 4.95. The van der Waals surface area contributed by atoms with Crippen molar-refractivity contribution in [2.45, 2.75) is 51.6 Å². The molecular formula is C18H23N3O2. The molecule has 0 atom stereocenters. The number of aryl methyl sites for hydroxylation is 1. The van der Waals surface area contributed by atoms with Crippen LogP contribution in [0.3, 0.4) is 0 Å². The van der Waals surface area contributed by atoms with Crippen LogP contribution in [0.1, 0.15) is 43.8 Å². The van der Waals surface area contributed by atoms with Gasteiger partial charge in [0.2, 0.25) is 5.89 Å². The maximum absolute atomic E-state index is 12.0. The number of nitrogens with zero attached hydrogens (tertiary/aromatic N) is 1. The fourth-order valence-corrected chi connectivity index (χ4v) is 3.03. The van der Waals surface area contributed by atoms with Crippen molar-refractivity contribution in [1.82, 2.24) is 15.6 Å². The van der Waals surface area contributed by atoms with E-state index in [9.17, 15) is 4.79 Å². The van der Waals surface area contributed by atoms with Gasteiger partial charge in [0.25, 0.3) is 0 Å². The molecule has 1 saturated carbocycles. The number of carbonyl (C=O) groups is 1. The second-order valence-electron chi connectivity index (χ2n) is 6.04. The summed E-state index contributed by atoms with van der Waals surface area (Å²) in [7, 11) is 0. The quantitative estimate of drug-likeness (QED) is 0.902. The lowest BCUT2D eigenvalue weighted by Gasteiger charge is -2.22. The van der Waals surface area contributed by atoms with Gasteiger partial charge in [-0.25, -0.2) is 9.78 Å². The Hall–Kier alpha value is -2.30. The van der Waals surface area contributed by atoms with Crippen LogP contribution in [-0.4, -0.2) is 17.1 Å². The summed E-state index contributed by atoms with van der Waals surface area (Å²) in [6, 6.07) is 10.1. The summed E-state index contributed by atoms with van der Waals surface area (Å²) in [4.78, 5) is 16.4. The van der Waals surface area contributed by atoms with E-state index < -0.39 is 0 Å². The molecule has 0 bridgehead atoms. The van der Waals surface area contributed by atoms with E-state index >= 15 is 0 Å². The third kappa shape index (κ3) is 4.12. The fourth-order valence-electron chi connectivity index (χ4n) is 3.03. The summed E-state index contributed by atoms with van der Waals surface area (Å²) in [5.41, 5.74) is 1.85. The van der Waals surface area contributed by atoms with Crippen LogP contribution in [-0.2, 0) is 6.54 Å². The molecule has 0 spiro atoms. The maximum Gasteiger partial charge on any atom is 0.315 e. The molecule has 0 aliphatic heterocycles. The Labute approximate surface area is 136 Å². The van der Waals surface area contributed by atoms with Crippen LogP contribution in [0.5, 0.6) is 0 Å². The first kappa shape index (κ1) is 15.6. The number of urea groups is 1. The van der Waals surface area contributed by atoms with Gasteiger partial charge in [0.05, 0.1) is 6.54 Å². The summed E-state index contributed by atoms with van der Waals surface area (Å²) < 4.78 is 5.66. The van der Waals surface area contributed by atoms with Crippen LogP contribution in [0.25, 0.3) is 11.3 Å². The zero-order valence-corrected chi connectivity index (χ0v) is 13.5. The molecule has 0 saturated heterocycles. The van der Waals surface area contributed by atoms with Crippen molar-refractivity contribution in [2.24, 2.45) is 0 Å². The smallest absolute Gasteiger partial charge is 0.315 e. The lowest BCUT2D eigenvalue weighted by molar-refractivity contribution is 0.231. The van der Waals surface area contributed by atoms with Crippen LogP contribution in [0.2, 0.25) is 0 Å². The largest absolute Gasteiger partial charge is 0.443 e. The van der Waals surface area contributed by atoms with Crippen molar-refractivity contribution in [2.75, 3.05) is 0 Å². The molecule has 2 amide bonds. The summed E-state index contributed by atoms with van der Waals surface area (Å²) in [5.74, 6) is 1.29. The molecule has 5 nitrogen and oxygen atoms in total. The highest BCUT2D eigenvalue weighted by atomic mass is 16.4. The first-order valence-corrected chi connectivity index (χ1v) is 8.28. The van der Waals surface area contributed by atoms with Crippen molar-refractivity contribution < 1.29 is 9.21 Å². The molecule has 1 fully saturated rings. The van der Waals surface area contributed by atoms with Gasteiger partial charge in [0, 0.05) is 11.6 Å². The zero-order chi connectivity index (χ0) is 16.1. The van der Waals surface area contributed by atoms with Crippen LogP contribution >= 0.6 is 0 Å². The molecule has 23 heavy (non-hydrogen) atoms. The van der Waals surface area contributed by atoms with Crippen molar-refractivity contribution in [3.63, 3.8) is 0 Å². The zero-order valence-electron chi connectivity index (χ0n) is 13.5. The van der Waals surface area contributed by atoms with Gasteiger partial charge in [-0.15, -0.1) is 0 Å². The van der Waals surface area contributed by atoms with E-state index in [1.807, 2.05) is 37.3 Å². The van der Waals surface area contributed by atoms with Gasteiger partial charge in [0.1, 0.15) is 11.5 Å². The van der Waals surface area contributed by atoms with E-state index in [4.69, 9.17) is 4.42 Å². The Morgan fingerprint density at radius 3 is 2.70 bits per heavy atom. The molecule has 0 radical (unpaired) electrons. The summed E-state index contributed by atoms with van der Waals surface area (Å²) in [5, 5.41) is 5.85. The molecule has 1 heterocycles. The molecule has 1 aromatic carbocycles. The van der Waals surface area contributed by atoms with E-state index in [0.29, 0.717) is 18.5 Å². The van der Waals surface area contributed by atoms with E-state index in [2.05, 4.69) is 15.6 Å². The van der Waals surface area contributed by atoms with Gasteiger partial charge in [-0.05, 0) is 19.8 Å². The third-order valence-electron chi connectivity index (χ3n) is 4.23. The monoisotopic (exact) mass is 313 g/mol. The van der Waals surface area contributed by atoms with Gasteiger partial charge in [0.15, 0.2) is 0 Å². The van der Waals surface area contributed by atoms with Gasteiger partial charge < -0.3 is 15.1 Å². The van der Waals surface area contributed by atoms with Crippen molar-refractivity contribution in [3.05, 3.63) is 42.0 Å². The highest BCUT2D eigenvalue weighted by Gasteiger charge is 2.16. The molecular weight excluding hydrogens is 290 g/mol. The van der Waals surface area contributed by atoms with E-state index in [1.54, 1.807) is 0 Å². The average Bonchev–Trinajstić information content (AvgIpc) is 2.96. The Balaban J connectivity index is 1.55. The molecule has 1 aliphatic rings. The number of benzene rings is 1. The topological polar surface area (TPSA) is 67.2 Å². The second-order valence-corrected chi connectivity index (χ2v) is 6.04. The first-order valence-electron chi connectivity index (χ1n) is 8.28. The van der Waals surface area contributed by atoms with E-state index in [1.165, 1.54) is 19.3 Å². The number of rotatable bonds is 4. The second kappa shape index (κ2) is 7.31. The summed E-state index contributed by atoms with van der Waals surface area (Å²) in [6.07, 6.45) is 5.82. The van der Waals surface area contributed by atoms with Crippen LogP contribution in [0.4, 0.5) is 4.79 Å². The predicted octanol–water partition coefficient (Wildman–Crippen LogP) is 3.78. The minimum absolute atomic E-state index is 0.144. The summed E-state index contributed by atoms with van der Waals surface area (Å²) in [6.45, 7) is 2.19. The Morgan fingerprint density at radius 2 is 1.96 bits per heavy atom. The lowest BCUT2D eigenvalue weighted by Crippen LogP contribution is -2.42. The Bertz CT molecular complexity index is 646. The van der Waals surface area contributed by atoms with Crippen LogP contribution in [0, 0.1) is 6.92 Å². The predicted molar refractivity (Wildman–Crippen MR) is 88.9 cm³/mol. The highest BCUT2D eigenvalue weighted by molar-refractivity contribution is 5.74. The molecule has 2 N–H and O–H groups in total. The molecule has 122 valence electrons. The average molecular weight is 313 g/mol. The third-order valence-corrected chi connectivity index (χ3v) is 4.23. The minimum Gasteiger partial charge on any atom is -0.443 e. The number of nitrogens with one attached hydrogen (secondary N) is 2. The molecule has 2 aromatic rings. The van der Waals surface area contributed by atoms with Gasteiger partial charge in [-0.2, -0.15) is 0 Å². The van der Waals surface area contributed by atoms with Gasteiger partial charge >= 0.3 is 6.03 Å². The molecule has 1 aliphatic carbocycles. The number of amides is 2. The first-order chi connectivity index (χ1) is 11.2. The number of hydrogen-bond donors (Lipinski definition) is 2. The standard InChI is InChI=1S/C18H23N3O2/c1-13-17(14-8-4-2-5-9-14)21-16(23-13)12-19-18(22)20-15-10-6-3-7-11-15/h2,4-5,8-9,15H,3,6-7,10-12H2,1H3,(H2,19,20,22). The van der Waals surface area contributed by atoms with Crippen LogP contribution in [0.15, 0.2) is 34.7 Å². The minimum atomic E-state index is -0.144. The Morgan fingerprint density at radius 1 is 1.22 bits per heavy atom. The molecule has 0 unspecified atom stereocenters. The van der Waals surface area contributed by atoms with Crippen molar-refractivity contribution in [1.29, 1.82) is 0 Å². The maximum atomic E-state index is 12.0. The van der Waals surface area contributed by atoms with E-state index in [-0.39, 0.29) is 6.03 Å². The SMILES string of the molecule is Cc1oc(CNC(=O)NC2CCCCC2)nc1-c1ccccc1. The van der Waals surface area contributed by atoms with E-state index in [0.717, 1.165) is 29.9 Å². The summed E-state index contributed by atoms with van der Waals surface area (Å²) >= 11 is 0. The normalized spacial score (nSPS) is 15.3. The molecule has 3 rings (SSSR count). The number of aromatic nitrogens is 1. The van der Waals surface area contributed by atoms with Crippen molar-refractivity contribution >= 4 is 6.03 Å². The van der Waals surface area contributed by atoms with Crippen molar-refractivity contribution in [3.8, 4) is 11.3 Å². The van der Waals surface area contributed by atoms with Crippen LogP contribution < -0.4 is 10.6 Å². The fraction of sp³-hybridized carbons (Fsp3) is 0.444. The highest BCUT2D eigenvalue weighted by Crippen LogP contribution is 2.23. The lowest BCUT2D eigenvalue weighted by atomic mass is 9.96. The van der Waals surface area contributed by atoms with Gasteiger partial charge in [-0.1, -0.05) is 49.6 Å². The molecule has 5 heteroatoms. The number of hydrogen-bond acceptors (Lipinski definition) is 3.